The van der Waals surface area contributed by atoms with Gasteiger partial charge in [-0.05, 0) is 0 Å². The molecule has 0 amide bonds. The van der Waals surface area contributed by atoms with Crippen molar-refractivity contribution in [2.24, 2.45) is 0 Å². The summed E-state index contributed by atoms with van der Waals surface area (Å²) >= 11 is 0. The summed E-state index contributed by atoms with van der Waals surface area (Å²) in [5, 5.41) is 109. The largest absolute Gasteiger partial charge is 0.394 e. The predicted octanol–water partition coefficient (Wildman–Crippen LogP) is -7.57. The quantitative estimate of drug-likeness (QED) is 0.146. The molecule has 3 rings (SSSR count). The maximum atomic E-state index is 10.3. The molecule has 0 aromatic heterocycles. The third-order valence-corrected chi connectivity index (χ3v) is 6.16. The molecule has 0 bridgehead atoms. The number of aliphatic hydroxyl groups is 11. The fraction of sp³-hybridized carbons (Fsp3) is 1.00. The van der Waals surface area contributed by atoms with Crippen molar-refractivity contribution in [2.45, 2.75) is 85.5 Å². The van der Waals surface area contributed by atoms with Crippen LogP contribution in [-0.4, -0.2) is 168 Å². The molecule has 0 aromatic rings. The molecule has 3 saturated heterocycles. The van der Waals surface area contributed by atoms with Gasteiger partial charge in [0.2, 0.25) is 5.79 Å². The molecule has 0 radical (unpaired) electrons. The zero-order valence-corrected chi connectivity index (χ0v) is 17.8. The van der Waals surface area contributed by atoms with Crippen LogP contribution in [0.4, 0.5) is 0 Å². The molecule has 200 valence electrons. The molecule has 3 aliphatic rings. The summed E-state index contributed by atoms with van der Waals surface area (Å²) in [5.41, 5.74) is 0. The molecular formula is C18H32O16. The van der Waals surface area contributed by atoms with Gasteiger partial charge in [0, 0.05) is 0 Å². The zero-order valence-electron chi connectivity index (χ0n) is 17.8. The number of rotatable bonds is 8. The van der Waals surface area contributed by atoms with Crippen molar-refractivity contribution in [3.8, 4) is 0 Å². The number of ether oxygens (including phenoxy) is 5. The van der Waals surface area contributed by atoms with Gasteiger partial charge < -0.3 is 79.9 Å². The molecule has 3 aliphatic heterocycles. The van der Waals surface area contributed by atoms with Gasteiger partial charge in [-0.1, -0.05) is 0 Å². The van der Waals surface area contributed by atoms with Crippen LogP contribution in [-0.2, 0) is 23.7 Å². The van der Waals surface area contributed by atoms with Crippen molar-refractivity contribution in [3.05, 3.63) is 0 Å². The Bertz CT molecular complexity index is 653. The second-order valence-electron chi connectivity index (χ2n) is 8.41. The minimum atomic E-state index is -2.36. The Balaban J connectivity index is 1.69. The molecular weight excluding hydrogens is 472 g/mol. The molecule has 0 aromatic carbocycles. The number of aliphatic hydroxyl groups excluding tert-OH is 11. The van der Waals surface area contributed by atoms with Crippen LogP contribution in [0.1, 0.15) is 0 Å². The van der Waals surface area contributed by atoms with Crippen molar-refractivity contribution in [1.29, 1.82) is 0 Å². The van der Waals surface area contributed by atoms with E-state index < -0.39 is 112 Å². The SMILES string of the molecule is OC[C@@H]1O[C@@H](OC[C@@H]2O[C@@H](O[C@@]3(CO)O[C@@H](CO)[C@H](O)[C@H]3O)[C@@H](O)[C@H](O)[C@H]2O)[C@@H](O)[C@H](O)[C@@H]1O. The third-order valence-electron chi connectivity index (χ3n) is 6.16. The lowest BCUT2D eigenvalue weighted by atomic mass is 9.98. The molecule has 0 aliphatic carbocycles. The van der Waals surface area contributed by atoms with E-state index in [9.17, 15) is 56.2 Å². The van der Waals surface area contributed by atoms with Crippen LogP contribution in [0.5, 0.6) is 0 Å². The lowest BCUT2D eigenvalue weighted by molar-refractivity contribution is -0.388. The maximum absolute atomic E-state index is 10.3. The maximum Gasteiger partial charge on any atom is 0.224 e. The van der Waals surface area contributed by atoms with Crippen molar-refractivity contribution < 1.29 is 79.9 Å². The van der Waals surface area contributed by atoms with Crippen molar-refractivity contribution >= 4 is 0 Å². The standard InChI is InChI=1S/C18H32O16/c19-1-5-8(22)11(25)13(27)16(31-5)30-3-7-9(23)12(26)14(28)17(32-7)34-18(4-21)15(29)10(24)6(2-20)33-18/h5-17,19-29H,1-4H2/t5-,6-,7-,8+,9-,10-,11+,12+,13-,14-,15+,16+,17-,18+/m0/s1. The average Bonchev–Trinajstić information content (AvgIpc) is 3.08. The fourth-order valence-electron chi connectivity index (χ4n) is 4.01. The first-order chi connectivity index (χ1) is 16.0. The van der Waals surface area contributed by atoms with Crippen LogP contribution in [0.2, 0.25) is 0 Å². The Morgan fingerprint density at radius 2 is 1.12 bits per heavy atom. The fourth-order valence-corrected chi connectivity index (χ4v) is 4.01. The first-order valence-electron chi connectivity index (χ1n) is 10.6. The van der Waals surface area contributed by atoms with Gasteiger partial charge in [-0.2, -0.15) is 0 Å². The molecule has 0 saturated carbocycles. The summed E-state index contributed by atoms with van der Waals surface area (Å²) in [4.78, 5) is 0. The minimum absolute atomic E-state index is 0.634. The van der Waals surface area contributed by atoms with E-state index in [0.717, 1.165) is 0 Å². The van der Waals surface area contributed by atoms with Gasteiger partial charge in [-0.3, -0.25) is 0 Å². The Hall–Kier alpha value is -0.640. The van der Waals surface area contributed by atoms with Crippen LogP contribution in [0.25, 0.3) is 0 Å². The number of hydrogen-bond donors (Lipinski definition) is 11. The van der Waals surface area contributed by atoms with Crippen LogP contribution in [0.15, 0.2) is 0 Å². The molecule has 16 nitrogen and oxygen atoms in total. The van der Waals surface area contributed by atoms with E-state index in [4.69, 9.17) is 23.7 Å². The molecule has 34 heavy (non-hydrogen) atoms. The highest BCUT2D eigenvalue weighted by Crippen LogP contribution is 2.36. The lowest BCUT2D eigenvalue weighted by Gasteiger charge is -2.44. The third kappa shape index (κ3) is 5.09. The van der Waals surface area contributed by atoms with Crippen LogP contribution < -0.4 is 0 Å². The smallest absolute Gasteiger partial charge is 0.224 e. The van der Waals surface area contributed by atoms with Gasteiger partial charge in [-0.25, -0.2) is 0 Å². The summed E-state index contributed by atoms with van der Waals surface area (Å²) in [6, 6.07) is 0. The van der Waals surface area contributed by atoms with E-state index in [0.29, 0.717) is 0 Å². The zero-order chi connectivity index (χ0) is 25.4. The van der Waals surface area contributed by atoms with E-state index in [-0.39, 0.29) is 0 Å². The molecule has 0 spiro atoms. The van der Waals surface area contributed by atoms with Crippen molar-refractivity contribution in [2.75, 3.05) is 26.4 Å². The molecule has 16 heteroatoms. The lowest BCUT2D eigenvalue weighted by Crippen LogP contribution is -2.63. The van der Waals surface area contributed by atoms with Gasteiger partial charge in [0.1, 0.15) is 73.8 Å². The minimum Gasteiger partial charge on any atom is -0.394 e. The Morgan fingerprint density at radius 1 is 0.588 bits per heavy atom. The highest BCUT2D eigenvalue weighted by Gasteiger charge is 2.58. The molecule has 3 heterocycles. The van der Waals surface area contributed by atoms with Gasteiger partial charge in [0.15, 0.2) is 12.6 Å². The first-order valence-corrected chi connectivity index (χ1v) is 10.6. The van der Waals surface area contributed by atoms with Crippen molar-refractivity contribution in [3.63, 3.8) is 0 Å². The van der Waals surface area contributed by atoms with Crippen LogP contribution in [0.3, 0.4) is 0 Å². The van der Waals surface area contributed by atoms with Gasteiger partial charge in [-0.15, -0.1) is 0 Å². The predicted molar refractivity (Wildman–Crippen MR) is 101 cm³/mol. The normalized spacial score (nSPS) is 52.1. The van der Waals surface area contributed by atoms with Crippen LogP contribution >= 0.6 is 0 Å². The second-order valence-corrected chi connectivity index (χ2v) is 8.41. The second kappa shape index (κ2) is 11.2. The summed E-state index contributed by atoms with van der Waals surface area (Å²) in [7, 11) is 0. The van der Waals surface area contributed by atoms with Crippen LogP contribution in [0, 0.1) is 0 Å². The van der Waals surface area contributed by atoms with E-state index >= 15 is 0 Å². The van der Waals surface area contributed by atoms with Gasteiger partial charge >= 0.3 is 0 Å². The molecule has 0 unspecified atom stereocenters. The van der Waals surface area contributed by atoms with Gasteiger partial charge in [0.05, 0.1) is 19.8 Å². The Kier molecular flexibility index (Phi) is 9.18. The molecule has 14 atom stereocenters. The summed E-state index contributed by atoms with van der Waals surface area (Å²) < 4.78 is 26.4. The highest BCUT2D eigenvalue weighted by atomic mass is 16.8. The summed E-state index contributed by atoms with van der Waals surface area (Å²) in [5.74, 6) is -2.36. The molecule has 11 N–H and O–H groups in total. The Morgan fingerprint density at radius 3 is 1.65 bits per heavy atom. The summed E-state index contributed by atoms with van der Waals surface area (Å²) in [6.45, 7) is -3.14. The van der Waals surface area contributed by atoms with E-state index in [1.54, 1.807) is 0 Å². The van der Waals surface area contributed by atoms with Gasteiger partial charge in [0.25, 0.3) is 0 Å². The van der Waals surface area contributed by atoms with E-state index in [1.807, 2.05) is 0 Å². The number of hydrogen-bond acceptors (Lipinski definition) is 16. The monoisotopic (exact) mass is 504 g/mol. The Labute approximate surface area is 192 Å². The van der Waals surface area contributed by atoms with Crippen molar-refractivity contribution in [1.82, 2.24) is 0 Å². The topological polar surface area (TPSA) is 269 Å². The summed E-state index contributed by atoms with van der Waals surface area (Å²) in [6.07, 6.45) is -21.8. The van der Waals surface area contributed by atoms with E-state index in [2.05, 4.69) is 0 Å². The van der Waals surface area contributed by atoms with E-state index in [1.165, 1.54) is 0 Å². The first kappa shape index (κ1) is 27.9. The molecule has 3 fully saturated rings. The average molecular weight is 504 g/mol. The highest BCUT2D eigenvalue weighted by molar-refractivity contribution is 4.98.